The van der Waals surface area contributed by atoms with Crippen LogP contribution in [0.15, 0.2) is 22.6 Å². The Morgan fingerprint density at radius 2 is 2.00 bits per heavy atom. The molecule has 0 amide bonds. The molecule has 0 atom stereocenters. The van der Waals surface area contributed by atoms with E-state index in [2.05, 4.69) is 0 Å². The fourth-order valence-electron chi connectivity index (χ4n) is 1.61. The Balaban J connectivity index is 2.68. The standard InChI is InChI=1S/C11H7F3O3/c1-5-7-3-2-6(11(12,13)14)4-8(7)17-9(5)10(15)16/h2-4H,1H3,(H,15,16). The minimum absolute atomic E-state index is 0.0743. The van der Waals surface area contributed by atoms with Crippen molar-refractivity contribution in [1.82, 2.24) is 0 Å². The van der Waals surface area contributed by atoms with Gasteiger partial charge in [0.15, 0.2) is 0 Å². The van der Waals surface area contributed by atoms with Crippen molar-refractivity contribution in [2.24, 2.45) is 0 Å². The lowest BCUT2D eigenvalue weighted by molar-refractivity contribution is -0.137. The van der Waals surface area contributed by atoms with Gasteiger partial charge in [0.25, 0.3) is 0 Å². The smallest absolute Gasteiger partial charge is 0.416 e. The van der Waals surface area contributed by atoms with E-state index >= 15 is 0 Å². The molecule has 1 heterocycles. The average molecular weight is 244 g/mol. The molecule has 0 spiro atoms. The zero-order chi connectivity index (χ0) is 12.8. The highest BCUT2D eigenvalue weighted by Crippen LogP contribution is 2.33. The van der Waals surface area contributed by atoms with Crippen LogP contribution in [0.5, 0.6) is 0 Å². The predicted octanol–water partition coefficient (Wildman–Crippen LogP) is 3.46. The van der Waals surface area contributed by atoms with Gasteiger partial charge in [-0.25, -0.2) is 4.79 Å². The Hall–Kier alpha value is -1.98. The molecule has 0 bridgehead atoms. The Kier molecular flexibility index (Phi) is 2.38. The molecule has 1 aromatic carbocycles. The molecule has 0 unspecified atom stereocenters. The number of hydrogen-bond acceptors (Lipinski definition) is 2. The van der Waals surface area contributed by atoms with E-state index in [0.29, 0.717) is 10.9 Å². The summed E-state index contributed by atoms with van der Waals surface area (Å²) in [7, 11) is 0. The summed E-state index contributed by atoms with van der Waals surface area (Å²) in [5.41, 5.74) is -0.619. The number of rotatable bonds is 1. The third-order valence-corrected chi connectivity index (χ3v) is 2.46. The fourth-order valence-corrected chi connectivity index (χ4v) is 1.61. The van der Waals surface area contributed by atoms with E-state index in [4.69, 9.17) is 9.52 Å². The number of halogens is 3. The maximum atomic E-state index is 12.4. The van der Waals surface area contributed by atoms with Crippen LogP contribution in [0.25, 0.3) is 11.0 Å². The number of aromatic carboxylic acids is 1. The molecular formula is C11H7F3O3. The minimum atomic E-state index is -4.47. The lowest BCUT2D eigenvalue weighted by atomic mass is 10.1. The second-order valence-electron chi connectivity index (χ2n) is 3.57. The normalized spacial score (nSPS) is 12.0. The van der Waals surface area contributed by atoms with Gasteiger partial charge in [-0.2, -0.15) is 13.2 Å². The van der Waals surface area contributed by atoms with Crippen molar-refractivity contribution in [2.45, 2.75) is 13.1 Å². The number of carboxylic acids is 1. The first kappa shape index (κ1) is 11.5. The molecule has 0 saturated heterocycles. The summed E-state index contributed by atoms with van der Waals surface area (Å²) < 4.78 is 42.2. The minimum Gasteiger partial charge on any atom is -0.475 e. The van der Waals surface area contributed by atoms with Crippen molar-refractivity contribution in [3.05, 3.63) is 35.1 Å². The van der Waals surface area contributed by atoms with E-state index in [1.807, 2.05) is 0 Å². The maximum Gasteiger partial charge on any atom is 0.416 e. The quantitative estimate of drug-likeness (QED) is 0.835. The van der Waals surface area contributed by atoms with E-state index in [0.717, 1.165) is 12.1 Å². The summed E-state index contributed by atoms with van der Waals surface area (Å²) in [5, 5.41) is 9.15. The van der Waals surface area contributed by atoms with Crippen LogP contribution < -0.4 is 0 Å². The van der Waals surface area contributed by atoms with E-state index in [1.165, 1.54) is 13.0 Å². The molecule has 2 aromatic rings. The zero-order valence-electron chi connectivity index (χ0n) is 8.63. The molecule has 2 rings (SSSR count). The summed E-state index contributed by atoms with van der Waals surface area (Å²) in [6, 6.07) is 2.91. The number of aryl methyl sites for hydroxylation is 1. The number of benzene rings is 1. The molecule has 0 aliphatic carbocycles. The van der Waals surface area contributed by atoms with Crippen LogP contribution >= 0.6 is 0 Å². The van der Waals surface area contributed by atoms with Crippen molar-refractivity contribution in [3.63, 3.8) is 0 Å². The second kappa shape index (κ2) is 3.51. The number of hydrogen-bond donors (Lipinski definition) is 1. The van der Waals surface area contributed by atoms with Gasteiger partial charge in [0, 0.05) is 10.9 Å². The lowest BCUT2D eigenvalue weighted by Crippen LogP contribution is -2.03. The molecule has 1 N–H and O–H groups in total. The first-order valence-electron chi connectivity index (χ1n) is 4.64. The van der Waals surface area contributed by atoms with Crippen molar-refractivity contribution in [2.75, 3.05) is 0 Å². The largest absolute Gasteiger partial charge is 0.475 e. The summed E-state index contributed by atoms with van der Waals surface area (Å²) in [6.07, 6.45) is -4.47. The van der Waals surface area contributed by atoms with E-state index in [9.17, 15) is 18.0 Å². The first-order chi connectivity index (χ1) is 7.80. The first-order valence-corrected chi connectivity index (χ1v) is 4.64. The van der Waals surface area contributed by atoms with Gasteiger partial charge in [-0.3, -0.25) is 0 Å². The van der Waals surface area contributed by atoms with Crippen molar-refractivity contribution >= 4 is 16.9 Å². The highest BCUT2D eigenvalue weighted by molar-refractivity contribution is 5.95. The van der Waals surface area contributed by atoms with Crippen molar-refractivity contribution < 1.29 is 27.5 Å². The third kappa shape index (κ3) is 1.86. The molecule has 90 valence electrons. The molecule has 0 aliphatic rings. The van der Waals surface area contributed by atoms with E-state index in [-0.39, 0.29) is 11.3 Å². The van der Waals surface area contributed by atoms with Gasteiger partial charge in [0.05, 0.1) is 5.56 Å². The van der Waals surface area contributed by atoms with Crippen LogP contribution in [-0.4, -0.2) is 11.1 Å². The summed E-state index contributed by atoms with van der Waals surface area (Å²) in [4.78, 5) is 10.8. The van der Waals surface area contributed by atoms with Crippen molar-refractivity contribution in [3.8, 4) is 0 Å². The maximum absolute atomic E-state index is 12.4. The Morgan fingerprint density at radius 1 is 1.35 bits per heavy atom. The van der Waals surface area contributed by atoms with Gasteiger partial charge >= 0.3 is 12.1 Å². The number of carbonyl (C=O) groups is 1. The van der Waals surface area contributed by atoms with Gasteiger partial charge in [-0.15, -0.1) is 0 Å². The van der Waals surface area contributed by atoms with Crippen molar-refractivity contribution in [1.29, 1.82) is 0 Å². The van der Waals surface area contributed by atoms with Gasteiger partial charge in [-0.05, 0) is 19.1 Å². The summed E-state index contributed by atoms with van der Waals surface area (Å²) >= 11 is 0. The molecule has 3 nitrogen and oxygen atoms in total. The fraction of sp³-hybridized carbons (Fsp3) is 0.182. The van der Waals surface area contributed by atoms with Gasteiger partial charge < -0.3 is 9.52 Å². The van der Waals surface area contributed by atoms with Gasteiger partial charge in [-0.1, -0.05) is 6.07 Å². The SMILES string of the molecule is Cc1c(C(=O)O)oc2cc(C(F)(F)F)ccc12. The third-order valence-electron chi connectivity index (χ3n) is 2.46. The average Bonchev–Trinajstić information content (AvgIpc) is 2.54. The molecular weight excluding hydrogens is 237 g/mol. The number of fused-ring (bicyclic) bond motifs is 1. The molecule has 0 saturated carbocycles. The van der Waals surface area contributed by atoms with Crippen LogP contribution in [0, 0.1) is 6.92 Å². The molecule has 0 aliphatic heterocycles. The Morgan fingerprint density at radius 3 is 2.53 bits per heavy atom. The van der Waals surface area contributed by atoms with Crippen LogP contribution in [-0.2, 0) is 6.18 Å². The van der Waals surface area contributed by atoms with E-state index in [1.54, 1.807) is 0 Å². The van der Waals surface area contributed by atoms with Crippen LogP contribution in [0.4, 0.5) is 13.2 Å². The molecule has 0 fully saturated rings. The topological polar surface area (TPSA) is 50.4 Å². The summed E-state index contributed by atoms with van der Waals surface area (Å²) in [6.45, 7) is 1.49. The van der Waals surface area contributed by atoms with Crippen LogP contribution in [0.3, 0.4) is 0 Å². The Bertz CT molecular complexity index is 596. The molecule has 1 aromatic heterocycles. The van der Waals surface area contributed by atoms with E-state index < -0.39 is 17.7 Å². The second-order valence-corrected chi connectivity index (χ2v) is 3.57. The summed E-state index contributed by atoms with van der Waals surface area (Å²) in [5.74, 6) is -1.63. The van der Waals surface area contributed by atoms with Crippen LogP contribution in [0.1, 0.15) is 21.7 Å². The molecule has 0 radical (unpaired) electrons. The highest BCUT2D eigenvalue weighted by Gasteiger charge is 2.31. The molecule has 17 heavy (non-hydrogen) atoms. The van der Waals surface area contributed by atoms with Crippen LogP contribution in [0.2, 0.25) is 0 Å². The highest BCUT2D eigenvalue weighted by atomic mass is 19.4. The number of carboxylic acid groups (broad SMARTS) is 1. The number of alkyl halides is 3. The van der Waals surface area contributed by atoms with Gasteiger partial charge in [0.1, 0.15) is 5.58 Å². The van der Waals surface area contributed by atoms with Gasteiger partial charge in [0.2, 0.25) is 5.76 Å². The molecule has 6 heteroatoms. The Labute approximate surface area is 93.5 Å². The zero-order valence-corrected chi connectivity index (χ0v) is 8.63. The predicted molar refractivity (Wildman–Crippen MR) is 52.9 cm³/mol. The number of furan rings is 1. The monoisotopic (exact) mass is 244 g/mol. The lowest BCUT2D eigenvalue weighted by Gasteiger charge is -2.05.